The highest BCUT2D eigenvalue weighted by molar-refractivity contribution is 6.04. The summed E-state index contributed by atoms with van der Waals surface area (Å²) in [4.78, 5) is 29.8. The first-order valence-corrected chi connectivity index (χ1v) is 8.99. The molecule has 0 radical (unpaired) electrons. The van der Waals surface area contributed by atoms with E-state index in [9.17, 15) is 9.59 Å². The third-order valence-electron chi connectivity index (χ3n) is 5.20. The van der Waals surface area contributed by atoms with Gasteiger partial charge in [0.05, 0.1) is 12.6 Å². The van der Waals surface area contributed by atoms with Crippen molar-refractivity contribution in [3.63, 3.8) is 0 Å². The Balaban J connectivity index is 1.42. The number of nitrogens with zero attached hydrogens (tertiary/aromatic N) is 3. The molecule has 6 heteroatoms. The Labute approximate surface area is 149 Å². The number of hydrogen-bond acceptors (Lipinski definition) is 4. The topological polar surface area (TPSA) is 53.1 Å². The van der Waals surface area contributed by atoms with E-state index in [1.54, 1.807) is 14.0 Å². The molecule has 3 amide bonds. The van der Waals surface area contributed by atoms with Crippen LogP contribution in [-0.2, 0) is 4.79 Å². The van der Waals surface area contributed by atoms with Crippen molar-refractivity contribution in [2.24, 2.45) is 0 Å². The number of ether oxygens (including phenoxy) is 1. The highest BCUT2D eigenvalue weighted by Crippen LogP contribution is 2.24. The van der Waals surface area contributed by atoms with Crippen LogP contribution in [0.15, 0.2) is 24.3 Å². The van der Waals surface area contributed by atoms with Gasteiger partial charge in [0.2, 0.25) is 0 Å². The van der Waals surface area contributed by atoms with Crippen LogP contribution < -0.4 is 4.74 Å². The van der Waals surface area contributed by atoms with Gasteiger partial charge in [-0.1, -0.05) is 17.7 Å². The first kappa shape index (κ1) is 17.7. The molecule has 136 valence electrons. The Hall–Kier alpha value is -2.08. The number of rotatable bonds is 6. The molecule has 2 saturated heterocycles. The fourth-order valence-electron chi connectivity index (χ4n) is 3.47. The van der Waals surface area contributed by atoms with Gasteiger partial charge in [-0.3, -0.25) is 9.69 Å². The molecule has 0 spiro atoms. The van der Waals surface area contributed by atoms with E-state index in [-0.39, 0.29) is 24.0 Å². The van der Waals surface area contributed by atoms with Crippen LogP contribution in [0.1, 0.15) is 25.3 Å². The quantitative estimate of drug-likeness (QED) is 0.585. The molecule has 6 nitrogen and oxygen atoms in total. The van der Waals surface area contributed by atoms with Gasteiger partial charge in [-0.05, 0) is 38.8 Å². The predicted molar refractivity (Wildman–Crippen MR) is 95.6 cm³/mol. The van der Waals surface area contributed by atoms with Crippen LogP contribution in [0.25, 0.3) is 0 Å². The Morgan fingerprint density at radius 3 is 2.56 bits per heavy atom. The molecule has 0 aliphatic carbocycles. The molecule has 2 fully saturated rings. The molecular formula is C19H27N3O3. The fraction of sp³-hybridized carbons (Fsp3) is 0.579. The normalized spacial score (nSPS) is 24.4. The van der Waals surface area contributed by atoms with Crippen molar-refractivity contribution < 1.29 is 14.3 Å². The minimum atomic E-state index is -0.343. The van der Waals surface area contributed by atoms with E-state index in [1.165, 1.54) is 15.4 Å². The summed E-state index contributed by atoms with van der Waals surface area (Å²) in [5, 5.41) is 0. The van der Waals surface area contributed by atoms with Gasteiger partial charge in [0.1, 0.15) is 11.8 Å². The van der Waals surface area contributed by atoms with Crippen molar-refractivity contribution in [1.82, 2.24) is 14.7 Å². The molecule has 2 atom stereocenters. The molecule has 0 bridgehead atoms. The Bertz CT molecular complexity index is 611. The lowest BCUT2D eigenvalue weighted by Gasteiger charge is -2.22. The zero-order valence-electron chi connectivity index (χ0n) is 15.3. The summed E-state index contributed by atoms with van der Waals surface area (Å²) in [5.41, 5.74) is 1.22. The van der Waals surface area contributed by atoms with Gasteiger partial charge >= 0.3 is 6.03 Å². The van der Waals surface area contributed by atoms with Crippen LogP contribution in [0.5, 0.6) is 5.75 Å². The molecule has 0 saturated carbocycles. The Morgan fingerprint density at radius 2 is 1.92 bits per heavy atom. The highest BCUT2D eigenvalue weighted by Gasteiger charge is 2.45. The summed E-state index contributed by atoms with van der Waals surface area (Å²) in [6.07, 6.45) is 1.79. The number of amides is 3. The smallest absolute Gasteiger partial charge is 0.327 e. The highest BCUT2D eigenvalue weighted by atomic mass is 16.5. The lowest BCUT2D eigenvalue weighted by Crippen LogP contribution is -2.42. The largest absolute Gasteiger partial charge is 0.494 e. The fourth-order valence-corrected chi connectivity index (χ4v) is 3.47. The summed E-state index contributed by atoms with van der Waals surface area (Å²) in [6.45, 7) is 7.12. The molecule has 2 aliphatic heterocycles. The minimum absolute atomic E-state index is 0.00502. The number of aryl methyl sites for hydroxylation is 1. The number of likely N-dealkylation sites (tertiary alicyclic amines) is 1. The van der Waals surface area contributed by atoms with Gasteiger partial charge in [0, 0.05) is 26.7 Å². The maximum absolute atomic E-state index is 12.3. The summed E-state index contributed by atoms with van der Waals surface area (Å²) in [6, 6.07) is 7.57. The first-order valence-electron chi connectivity index (χ1n) is 8.99. The molecule has 0 aromatic heterocycles. The summed E-state index contributed by atoms with van der Waals surface area (Å²) in [7, 11) is 1.69. The zero-order chi connectivity index (χ0) is 18.0. The van der Waals surface area contributed by atoms with E-state index < -0.39 is 0 Å². The molecule has 2 heterocycles. The number of carbonyl (C=O) groups is 2. The van der Waals surface area contributed by atoms with Crippen LogP contribution in [-0.4, -0.2) is 72.0 Å². The number of hydrogen-bond donors (Lipinski definition) is 0. The number of likely N-dealkylation sites (N-methyl/N-ethyl adjacent to an activating group) is 1. The van der Waals surface area contributed by atoms with Crippen molar-refractivity contribution in [3.8, 4) is 5.75 Å². The van der Waals surface area contributed by atoms with E-state index in [1.807, 2.05) is 24.3 Å². The van der Waals surface area contributed by atoms with Gasteiger partial charge in [-0.25, -0.2) is 4.79 Å². The molecule has 2 unspecified atom stereocenters. The summed E-state index contributed by atoms with van der Waals surface area (Å²) >= 11 is 0. The standard InChI is InChI=1S/C19H27N3O3/c1-14-5-7-17(8-6-14)25-12-4-10-21-11-9-16(13-21)22-18(23)15(2)20(3)19(22)24/h5-8,15-16H,4,9-13H2,1-3H3. The SMILES string of the molecule is Cc1ccc(OCCCN2CCC(N3C(=O)C(C)N(C)C3=O)C2)cc1. The summed E-state index contributed by atoms with van der Waals surface area (Å²) < 4.78 is 5.76. The molecular weight excluding hydrogens is 318 g/mol. The maximum atomic E-state index is 12.3. The summed E-state index contributed by atoms with van der Waals surface area (Å²) in [5.74, 6) is 0.831. The molecule has 3 rings (SSSR count). The van der Waals surface area contributed by atoms with E-state index >= 15 is 0 Å². The number of urea groups is 1. The van der Waals surface area contributed by atoms with Crippen molar-refractivity contribution in [3.05, 3.63) is 29.8 Å². The van der Waals surface area contributed by atoms with E-state index in [0.717, 1.165) is 38.2 Å². The van der Waals surface area contributed by atoms with Gasteiger partial charge < -0.3 is 14.5 Å². The molecule has 25 heavy (non-hydrogen) atoms. The Morgan fingerprint density at radius 1 is 1.20 bits per heavy atom. The lowest BCUT2D eigenvalue weighted by atomic mass is 10.2. The van der Waals surface area contributed by atoms with Crippen molar-refractivity contribution in [2.75, 3.05) is 33.3 Å². The average molecular weight is 345 g/mol. The molecule has 1 aromatic carbocycles. The van der Waals surface area contributed by atoms with Gasteiger partial charge in [-0.15, -0.1) is 0 Å². The first-order chi connectivity index (χ1) is 12.0. The second-order valence-electron chi connectivity index (χ2n) is 7.04. The van der Waals surface area contributed by atoms with E-state index in [4.69, 9.17) is 4.74 Å². The third-order valence-corrected chi connectivity index (χ3v) is 5.20. The van der Waals surface area contributed by atoms with E-state index in [2.05, 4.69) is 11.8 Å². The van der Waals surface area contributed by atoms with Crippen LogP contribution in [0, 0.1) is 6.92 Å². The predicted octanol–water partition coefficient (Wildman–Crippen LogP) is 2.12. The lowest BCUT2D eigenvalue weighted by molar-refractivity contribution is -0.129. The molecule has 1 aromatic rings. The number of imide groups is 1. The van der Waals surface area contributed by atoms with Gasteiger partial charge in [0.25, 0.3) is 5.91 Å². The average Bonchev–Trinajstić information content (AvgIpc) is 3.13. The van der Waals surface area contributed by atoms with Gasteiger partial charge in [0.15, 0.2) is 0 Å². The Kier molecular flexibility index (Phi) is 5.27. The minimum Gasteiger partial charge on any atom is -0.494 e. The maximum Gasteiger partial charge on any atom is 0.327 e. The zero-order valence-corrected chi connectivity index (χ0v) is 15.3. The molecule has 2 aliphatic rings. The van der Waals surface area contributed by atoms with Crippen LogP contribution in [0.4, 0.5) is 4.79 Å². The van der Waals surface area contributed by atoms with Crippen LogP contribution in [0.2, 0.25) is 0 Å². The van der Waals surface area contributed by atoms with Crippen LogP contribution >= 0.6 is 0 Å². The van der Waals surface area contributed by atoms with Crippen molar-refractivity contribution >= 4 is 11.9 Å². The second-order valence-corrected chi connectivity index (χ2v) is 7.04. The van der Waals surface area contributed by atoms with Crippen molar-refractivity contribution in [2.45, 2.75) is 38.8 Å². The third kappa shape index (κ3) is 3.79. The number of carbonyl (C=O) groups excluding carboxylic acids is 2. The van der Waals surface area contributed by atoms with Crippen molar-refractivity contribution in [1.29, 1.82) is 0 Å². The van der Waals surface area contributed by atoms with Gasteiger partial charge in [-0.2, -0.15) is 0 Å². The second kappa shape index (κ2) is 7.44. The van der Waals surface area contributed by atoms with E-state index in [0.29, 0.717) is 6.61 Å². The molecule has 0 N–H and O–H groups in total. The number of benzene rings is 1. The van der Waals surface area contributed by atoms with Crippen LogP contribution in [0.3, 0.4) is 0 Å². The monoisotopic (exact) mass is 345 g/mol.